The lowest BCUT2D eigenvalue weighted by Gasteiger charge is -2.31. The second kappa shape index (κ2) is 17.6. The molecule has 2 amide bonds. The van der Waals surface area contributed by atoms with Crippen LogP contribution in [0.1, 0.15) is 67.6 Å². The van der Waals surface area contributed by atoms with E-state index in [4.69, 9.17) is 26.5 Å². The molecule has 11 heteroatoms. The SMILES string of the molecule is CN[C@H](CCc1ccccc1)C(=O)N1C[C@H](OCC2=CCC(Cl)C=C2)C[C@H]1C(=O)N[C@@H](C[C@H]1CC[C@H](CN)CC1)C(=O)c1nc2ccccc2o1. The van der Waals surface area contributed by atoms with Crippen molar-refractivity contribution in [1.82, 2.24) is 20.5 Å². The van der Waals surface area contributed by atoms with Crippen LogP contribution in [0.2, 0.25) is 0 Å². The second-order valence-electron chi connectivity index (χ2n) is 14.2. The molecule has 3 aliphatic rings. The van der Waals surface area contributed by atoms with Crippen LogP contribution in [0.4, 0.5) is 0 Å². The normalized spacial score (nSPS) is 24.6. The number of benzene rings is 2. The summed E-state index contributed by atoms with van der Waals surface area (Å²) in [5.74, 6) is -0.214. The first-order chi connectivity index (χ1) is 24.8. The number of allylic oxidation sites excluding steroid dienone is 2. The predicted molar refractivity (Wildman–Crippen MR) is 198 cm³/mol. The van der Waals surface area contributed by atoms with E-state index < -0.39 is 18.1 Å². The Labute approximate surface area is 305 Å². The molecule has 5 atom stereocenters. The number of nitrogens with two attached hydrogens (primary N) is 1. The van der Waals surface area contributed by atoms with E-state index in [1.807, 2.05) is 54.6 Å². The number of para-hydroxylation sites is 2. The Kier molecular flexibility index (Phi) is 12.7. The summed E-state index contributed by atoms with van der Waals surface area (Å²) in [7, 11) is 1.77. The van der Waals surface area contributed by atoms with Gasteiger partial charge in [-0.25, -0.2) is 4.98 Å². The number of rotatable bonds is 15. The first-order valence-corrected chi connectivity index (χ1v) is 18.8. The van der Waals surface area contributed by atoms with Crippen LogP contribution in [0.5, 0.6) is 0 Å². The van der Waals surface area contributed by atoms with Gasteiger partial charge in [-0.05, 0) is 87.2 Å². The number of ketones is 1. The number of amides is 2. The Bertz CT molecular complexity index is 1670. The molecule has 1 aromatic heterocycles. The zero-order chi connectivity index (χ0) is 35.7. The van der Waals surface area contributed by atoms with Gasteiger partial charge in [-0.3, -0.25) is 14.4 Å². The number of fused-ring (bicyclic) bond motifs is 1. The molecule has 2 heterocycles. The molecule has 2 aromatic carbocycles. The monoisotopic (exact) mass is 715 g/mol. The average Bonchev–Trinajstić information content (AvgIpc) is 3.80. The summed E-state index contributed by atoms with van der Waals surface area (Å²) in [5, 5.41) is 6.24. The molecule has 1 saturated carbocycles. The Morgan fingerprint density at radius 3 is 2.49 bits per heavy atom. The van der Waals surface area contributed by atoms with Gasteiger partial charge >= 0.3 is 0 Å². The van der Waals surface area contributed by atoms with Gasteiger partial charge in [0.2, 0.25) is 17.6 Å². The molecular formula is C40H50ClN5O5. The molecule has 1 aliphatic heterocycles. The Morgan fingerprint density at radius 2 is 1.78 bits per heavy atom. The topological polar surface area (TPSA) is 140 Å². The zero-order valence-corrected chi connectivity index (χ0v) is 30.1. The van der Waals surface area contributed by atoms with Gasteiger partial charge < -0.3 is 30.4 Å². The van der Waals surface area contributed by atoms with Gasteiger partial charge in [0.25, 0.3) is 5.89 Å². The first-order valence-electron chi connectivity index (χ1n) is 18.4. The third-order valence-corrected chi connectivity index (χ3v) is 11.0. The van der Waals surface area contributed by atoms with Crippen LogP contribution >= 0.6 is 11.6 Å². The molecule has 10 nitrogen and oxygen atoms in total. The van der Waals surface area contributed by atoms with Gasteiger partial charge in [0.15, 0.2) is 5.58 Å². The Morgan fingerprint density at radius 1 is 1.04 bits per heavy atom. The van der Waals surface area contributed by atoms with Crippen molar-refractivity contribution in [3.05, 3.63) is 89.9 Å². The zero-order valence-electron chi connectivity index (χ0n) is 29.3. The van der Waals surface area contributed by atoms with Crippen LogP contribution in [-0.2, 0) is 20.7 Å². The van der Waals surface area contributed by atoms with Crippen molar-refractivity contribution in [2.45, 2.75) is 87.4 Å². The summed E-state index contributed by atoms with van der Waals surface area (Å²) in [4.78, 5) is 48.8. The summed E-state index contributed by atoms with van der Waals surface area (Å²) < 4.78 is 12.2. The molecule has 0 radical (unpaired) electrons. The quantitative estimate of drug-likeness (QED) is 0.141. The summed E-state index contributed by atoms with van der Waals surface area (Å²) in [6, 6.07) is 15.1. The van der Waals surface area contributed by atoms with E-state index in [9.17, 15) is 14.4 Å². The van der Waals surface area contributed by atoms with Crippen molar-refractivity contribution in [2.24, 2.45) is 17.6 Å². The highest BCUT2D eigenvalue weighted by molar-refractivity contribution is 6.22. The molecule has 0 bridgehead atoms. The van der Waals surface area contributed by atoms with E-state index in [0.29, 0.717) is 55.9 Å². The summed E-state index contributed by atoms with van der Waals surface area (Å²) in [6.07, 6.45) is 12.2. The summed E-state index contributed by atoms with van der Waals surface area (Å²) in [5.41, 5.74) is 9.20. The summed E-state index contributed by atoms with van der Waals surface area (Å²) in [6.45, 7) is 1.28. The maximum absolute atomic E-state index is 14.4. The minimum atomic E-state index is -0.860. The number of ether oxygens (including phenoxy) is 1. The minimum absolute atomic E-state index is 0.0261. The minimum Gasteiger partial charge on any atom is -0.434 e. The number of hydrogen-bond acceptors (Lipinski definition) is 8. The van der Waals surface area contributed by atoms with Crippen LogP contribution in [0.3, 0.4) is 0 Å². The van der Waals surface area contributed by atoms with Crippen molar-refractivity contribution in [2.75, 3.05) is 26.7 Å². The van der Waals surface area contributed by atoms with Crippen molar-refractivity contribution in [1.29, 1.82) is 0 Å². The Balaban J connectivity index is 1.21. The fraction of sp³-hybridized carbons (Fsp3) is 0.500. The molecule has 1 unspecified atom stereocenters. The number of nitrogens with zero attached hydrogens (tertiary/aromatic N) is 2. The van der Waals surface area contributed by atoms with Crippen LogP contribution in [0.15, 0.2) is 82.8 Å². The van der Waals surface area contributed by atoms with Gasteiger partial charge in [-0.1, -0.05) is 73.5 Å². The van der Waals surface area contributed by atoms with Crippen molar-refractivity contribution in [3.8, 4) is 0 Å². The number of nitrogens with one attached hydrogen (secondary N) is 2. The predicted octanol–water partition coefficient (Wildman–Crippen LogP) is 5.35. The van der Waals surface area contributed by atoms with Gasteiger partial charge in [0, 0.05) is 13.0 Å². The first kappa shape index (κ1) is 36.9. The number of carbonyl (C=O) groups excluding carboxylic acids is 3. The van der Waals surface area contributed by atoms with Gasteiger partial charge in [-0.2, -0.15) is 0 Å². The lowest BCUT2D eigenvalue weighted by atomic mass is 9.79. The third kappa shape index (κ3) is 9.54. The Hall–Kier alpha value is -3.83. The molecule has 51 heavy (non-hydrogen) atoms. The lowest BCUT2D eigenvalue weighted by molar-refractivity contribution is -0.140. The molecule has 0 spiro atoms. The number of oxazole rings is 1. The van der Waals surface area contributed by atoms with Crippen LogP contribution in [0, 0.1) is 11.8 Å². The summed E-state index contributed by atoms with van der Waals surface area (Å²) >= 11 is 6.22. The number of halogens is 1. The van der Waals surface area contributed by atoms with Crippen LogP contribution < -0.4 is 16.4 Å². The second-order valence-corrected chi connectivity index (χ2v) is 14.8. The standard InChI is InChI=1S/C40H50ClN5O5/c1-43-33(20-17-26-7-3-2-4-8-26)40(49)46-24-31(50-25-29-15-18-30(41)19-16-29)22-35(46)38(48)44-34(21-27-11-13-28(23-42)14-12-27)37(47)39-45-32-9-5-6-10-36(32)51-39/h2-10,15-16,18,27-28,30-31,33-35,43H,11-14,17,19-25,42H2,1H3,(H,44,48)/t27-,28-,30?,31-,33-,34+,35+/m1/s1. The van der Waals surface area contributed by atoms with Crippen LogP contribution in [-0.4, -0.2) is 83.8 Å². The number of Topliss-reactive ketones (excluding diaryl/α,β-unsaturated/α-hetero) is 1. The van der Waals surface area contributed by atoms with E-state index in [1.165, 1.54) is 0 Å². The number of carbonyl (C=O) groups is 3. The molecular weight excluding hydrogens is 666 g/mol. The maximum Gasteiger partial charge on any atom is 0.266 e. The maximum atomic E-state index is 14.4. The highest BCUT2D eigenvalue weighted by Crippen LogP contribution is 2.32. The van der Waals surface area contributed by atoms with Gasteiger partial charge in [0.05, 0.1) is 30.2 Å². The average molecular weight is 716 g/mol. The number of hydrogen-bond donors (Lipinski definition) is 3. The van der Waals surface area contributed by atoms with Crippen LogP contribution in [0.25, 0.3) is 11.1 Å². The number of alkyl halides is 1. The van der Waals surface area contributed by atoms with E-state index in [-0.39, 0.29) is 47.4 Å². The highest BCUT2D eigenvalue weighted by Gasteiger charge is 2.43. The number of aryl methyl sites for hydroxylation is 1. The smallest absolute Gasteiger partial charge is 0.266 e. The number of aromatic nitrogens is 1. The molecule has 1 saturated heterocycles. The molecule has 3 aromatic rings. The molecule has 272 valence electrons. The van der Waals surface area contributed by atoms with E-state index >= 15 is 0 Å². The van der Waals surface area contributed by atoms with E-state index in [0.717, 1.165) is 43.2 Å². The van der Waals surface area contributed by atoms with Gasteiger partial charge in [-0.15, -0.1) is 11.6 Å². The number of likely N-dealkylation sites (N-methyl/N-ethyl adjacent to an activating group) is 1. The third-order valence-electron chi connectivity index (χ3n) is 10.7. The highest BCUT2D eigenvalue weighted by atomic mass is 35.5. The molecule has 6 rings (SSSR count). The molecule has 4 N–H and O–H groups in total. The molecule has 2 aliphatic carbocycles. The fourth-order valence-electron chi connectivity index (χ4n) is 7.58. The van der Waals surface area contributed by atoms with Crippen molar-refractivity contribution in [3.63, 3.8) is 0 Å². The number of likely N-dealkylation sites (tertiary alicyclic amines) is 1. The van der Waals surface area contributed by atoms with E-state index in [2.05, 4.69) is 21.7 Å². The van der Waals surface area contributed by atoms with Crippen molar-refractivity contribution < 1.29 is 23.5 Å². The largest absolute Gasteiger partial charge is 0.434 e. The van der Waals surface area contributed by atoms with Gasteiger partial charge in [0.1, 0.15) is 11.6 Å². The van der Waals surface area contributed by atoms with E-state index in [1.54, 1.807) is 24.1 Å². The fourth-order valence-corrected chi connectivity index (χ4v) is 7.74. The van der Waals surface area contributed by atoms with Crippen molar-refractivity contribution >= 4 is 40.3 Å². The molecule has 2 fully saturated rings. The lowest BCUT2D eigenvalue weighted by Crippen LogP contribution is -2.54.